The number of hydrogen-bond donors (Lipinski definition) is 0. The van der Waals surface area contributed by atoms with Crippen LogP contribution in [0.2, 0.25) is 0 Å². The monoisotopic (exact) mass is 433 g/mol. The third kappa shape index (κ3) is 4.88. The highest BCUT2D eigenvalue weighted by atomic mass is 32.2. The molecule has 8 heteroatoms. The van der Waals surface area contributed by atoms with Crippen LogP contribution < -0.4 is 0 Å². The van der Waals surface area contributed by atoms with Crippen LogP contribution >= 0.6 is 11.3 Å². The maximum absolute atomic E-state index is 12.7. The molecule has 1 aromatic carbocycles. The van der Waals surface area contributed by atoms with Gasteiger partial charge in [-0.25, -0.2) is 8.42 Å². The van der Waals surface area contributed by atoms with Crippen molar-refractivity contribution in [2.24, 2.45) is 0 Å². The Hall–Kier alpha value is -1.74. The van der Waals surface area contributed by atoms with Gasteiger partial charge in [0.15, 0.2) is 0 Å². The number of carbonyl (C=O) groups is 1. The minimum Gasteiger partial charge on any atom is -0.340 e. The maximum atomic E-state index is 12.7. The van der Waals surface area contributed by atoms with E-state index in [1.54, 1.807) is 16.4 Å². The molecule has 1 aromatic heterocycles. The normalized spacial score (nSPS) is 19.0. The van der Waals surface area contributed by atoms with E-state index in [9.17, 15) is 13.2 Å². The van der Waals surface area contributed by atoms with E-state index in [0.717, 1.165) is 50.4 Å². The van der Waals surface area contributed by atoms with E-state index in [2.05, 4.69) is 17.0 Å². The largest absolute Gasteiger partial charge is 0.340 e. The summed E-state index contributed by atoms with van der Waals surface area (Å²) in [6, 6.07) is 13.8. The lowest BCUT2D eigenvalue weighted by molar-refractivity contribution is -0.132. The van der Waals surface area contributed by atoms with Crippen molar-refractivity contribution < 1.29 is 13.2 Å². The average Bonchev–Trinajstić information content (AvgIpc) is 3.42. The number of amides is 1. The molecule has 2 aromatic rings. The van der Waals surface area contributed by atoms with E-state index in [1.807, 2.05) is 23.1 Å². The lowest BCUT2D eigenvalue weighted by atomic mass is 10.2. The van der Waals surface area contributed by atoms with E-state index >= 15 is 0 Å². The van der Waals surface area contributed by atoms with Crippen molar-refractivity contribution in [1.29, 1.82) is 0 Å². The molecule has 0 unspecified atom stereocenters. The van der Waals surface area contributed by atoms with Gasteiger partial charge < -0.3 is 4.90 Å². The number of benzene rings is 1. The number of piperazine rings is 1. The predicted octanol–water partition coefficient (Wildman–Crippen LogP) is 2.42. The molecule has 0 radical (unpaired) electrons. The van der Waals surface area contributed by atoms with Crippen molar-refractivity contribution in [3.8, 4) is 0 Å². The summed E-state index contributed by atoms with van der Waals surface area (Å²) in [4.78, 5) is 17.8. The van der Waals surface area contributed by atoms with Gasteiger partial charge in [-0.05, 0) is 30.5 Å². The molecule has 29 heavy (non-hydrogen) atoms. The first-order valence-corrected chi connectivity index (χ1v) is 12.4. The highest BCUT2D eigenvalue weighted by molar-refractivity contribution is 7.91. The van der Waals surface area contributed by atoms with Crippen molar-refractivity contribution in [3.63, 3.8) is 0 Å². The Bertz CT molecular complexity index is 929. The summed E-state index contributed by atoms with van der Waals surface area (Å²) >= 11 is 1.23. The first-order chi connectivity index (χ1) is 14.0. The molecule has 0 aliphatic carbocycles. The molecule has 0 atom stereocenters. The van der Waals surface area contributed by atoms with Gasteiger partial charge >= 0.3 is 0 Å². The molecule has 4 rings (SSSR count). The van der Waals surface area contributed by atoms with Crippen LogP contribution in [0.15, 0.2) is 46.7 Å². The summed E-state index contributed by atoms with van der Waals surface area (Å²) in [5.74, 6) is 0.0799. The second kappa shape index (κ2) is 8.95. The van der Waals surface area contributed by atoms with E-state index in [4.69, 9.17) is 0 Å². The Morgan fingerprint density at radius 1 is 0.897 bits per heavy atom. The van der Waals surface area contributed by atoms with E-state index < -0.39 is 10.0 Å². The molecule has 0 spiro atoms. The zero-order valence-corrected chi connectivity index (χ0v) is 18.1. The third-order valence-electron chi connectivity index (χ3n) is 5.60. The van der Waals surface area contributed by atoms with Crippen molar-refractivity contribution in [2.75, 3.05) is 39.3 Å². The number of carbonyl (C=O) groups excluding carboxylic acids is 1. The van der Waals surface area contributed by atoms with Gasteiger partial charge in [-0.1, -0.05) is 30.3 Å². The quantitative estimate of drug-likeness (QED) is 0.702. The third-order valence-corrected chi connectivity index (χ3v) is 9.05. The second-order valence-electron chi connectivity index (χ2n) is 7.65. The Morgan fingerprint density at radius 3 is 2.28 bits per heavy atom. The number of thiophene rings is 1. The molecule has 2 fully saturated rings. The highest BCUT2D eigenvalue weighted by Gasteiger charge is 2.29. The molecule has 1 amide bonds. The summed E-state index contributed by atoms with van der Waals surface area (Å²) in [5.41, 5.74) is 1.29. The Morgan fingerprint density at radius 2 is 1.59 bits per heavy atom. The molecule has 0 N–H and O–H groups in total. The lowest BCUT2D eigenvalue weighted by Crippen LogP contribution is -2.48. The summed E-state index contributed by atoms with van der Waals surface area (Å²) in [6.45, 7) is 5.26. The van der Waals surface area contributed by atoms with Crippen LogP contribution in [-0.2, 0) is 27.8 Å². The summed E-state index contributed by atoms with van der Waals surface area (Å²) in [5, 5.41) is 0. The van der Waals surface area contributed by atoms with Gasteiger partial charge in [-0.15, -0.1) is 11.3 Å². The minimum absolute atomic E-state index is 0.0799. The van der Waals surface area contributed by atoms with E-state index in [0.29, 0.717) is 17.3 Å². The van der Waals surface area contributed by atoms with Gasteiger partial charge in [0, 0.05) is 50.7 Å². The zero-order valence-electron chi connectivity index (χ0n) is 16.5. The molecular formula is C21H27N3O3S2. The molecule has 0 bridgehead atoms. The van der Waals surface area contributed by atoms with Crippen LogP contribution in [0.4, 0.5) is 0 Å². The van der Waals surface area contributed by atoms with Crippen LogP contribution in [0.5, 0.6) is 0 Å². The van der Waals surface area contributed by atoms with Crippen LogP contribution in [0, 0.1) is 0 Å². The number of sulfonamides is 1. The van der Waals surface area contributed by atoms with E-state index in [-0.39, 0.29) is 12.3 Å². The van der Waals surface area contributed by atoms with Crippen LogP contribution in [-0.4, -0.2) is 67.7 Å². The Balaban J connectivity index is 1.30. The van der Waals surface area contributed by atoms with Gasteiger partial charge in [-0.3, -0.25) is 9.69 Å². The summed E-state index contributed by atoms with van der Waals surface area (Å²) < 4.78 is 27.2. The van der Waals surface area contributed by atoms with Crippen LogP contribution in [0.25, 0.3) is 0 Å². The van der Waals surface area contributed by atoms with Crippen LogP contribution in [0.3, 0.4) is 0 Å². The van der Waals surface area contributed by atoms with Gasteiger partial charge in [0.1, 0.15) is 4.21 Å². The van der Waals surface area contributed by atoms with Gasteiger partial charge in [-0.2, -0.15) is 4.31 Å². The summed E-state index contributed by atoms with van der Waals surface area (Å²) in [7, 11) is -3.40. The smallest absolute Gasteiger partial charge is 0.252 e. The average molecular weight is 434 g/mol. The van der Waals surface area contributed by atoms with Crippen molar-refractivity contribution in [3.05, 3.63) is 52.9 Å². The van der Waals surface area contributed by atoms with Crippen molar-refractivity contribution in [1.82, 2.24) is 14.1 Å². The lowest BCUT2D eigenvalue weighted by Gasteiger charge is -2.34. The molecule has 0 saturated carbocycles. The Labute approximate surface area is 176 Å². The zero-order chi connectivity index (χ0) is 20.3. The molecule has 156 valence electrons. The number of nitrogens with zero attached hydrogens (tertiary/aromatic N) is 3. The molecule has 2 saturated heterocycles. The second-order valence-corrected chi connectivity index (χ2v) is 11.0. The fourth-order valence-corrected chi connectivity index (χ4v) is 6.92. The molecular weight excluding hydrogens is 406 g/mol. The molecule has 3 heterocycles. The fraction of sp³-hybridized carbons (Fsp3) is 0.476. The SMILES string of the molecule is O=C(Cc1ccc(S(=O)(=O)N2CCCC2)s1)N1CCN(Cc2ccccc2)CC1. The number of rotatable bonds is 6. The maximum Gasteiger partial charge on any atom is 0.252 e. The fourth-order valence-electron chi connectivity index (χ4n) is 3.91. The van der Waals surface area contributed by atoms with Gasteiger partial charge in [0.25, 0.3) is 10.0 Å². The Kier molecular flexibility index (Phi) is 6.34. The van der Waals surface area contributed by atoms with Gasteiger partial charge in [0.2, 0.25) is 5.91 Å². The van der Waals surface area contributed by atoms with Crippen LogP contribution in [0.1, 0.15) is 23.3 Å². The molecule has 2 aliphatic heterocycles. The molecule has 2 aliphatic rings. The highest BCUT2D eigenvalue weighted by Crippen LogP contribution is 2.28. The first-order valence-electron chi connectivity index (χ1n) is 10.2. The minimum atomic E-state index is -3.40. The van der Waals surface area contributed by atoms with E-state index in [1.165, 1.54) is 16.9 Å². The van der Waals surface area contributed by atoms with Gasteiger partial charge in [0.05, 0.1) is 6.42 Å². The topological polar surface area (TPSA) is 60.9 Å². The standard InChI is InChI=1S/C21H27N3O3S2/c25-20(23-14-12-22(13-15-23)17-18-6-2-1-3-7-18)16-19-8-9-21(28-19)29(26,27)24-10-4-5-11-24/h1-3,6-9H,4-5,10-17H2. The first kappa shape index (κ1) is 20.5. The summed E-state index contributed by atoms with van der Waals surface area (Å²) in [6.07, 6.45) is 2.12. The number of hydrogen-bond acceptors (Lipinski definition) is 5. The van der Waals surface area contributed by atoms with Crippen molar-refractivity contribution >= 4 is 27.3 Å². The predicted molar refractivity (Wildman–Crippen MR) is 114 cm³/mol. The van der Waals surface area contributed by atoms with Crippen molar-refractivity contribution in [2.45, 2.75) is 30.0 Å². The molecule has 6 nitrogen and oxygen atoms in total.